The molecule has 3 aromatic rings. The van der Waals surface area contributed by atoms with Gasteiger partial charge < -0.3 is 4.74 Å². The highest BCUT2D eigenvalue weighted by Gasteiger charge is 2.17. The molecule has 1 amide bonds. The number of hydrogen-bond acceptors (Lipinski definition) is 5. The van der Waals surface area contributed by atoms with Gasteiger partial charge >= 0.3 is 5.97 Å². The topological polar surface area (TPSA) is 68.3 Å². The van der Waals surface area contributed by atoms with Crippen LogP contribution in [0.15, 0.2) is 35.7 Å². The van der Waals surface area contributed by atoms with Crippen molar-refractivity contribution in [2.75, 3.05) is 11.9 Å². The van der Waals surface area contributed by atoms with Gasteiger partial charge in [-0.05, 0) is 50.1 Å². The van der Waals surface area contributed by atoms with Crippen LogP contribution in [-0.2, 0) is 9.53 Å². The summed E-state index contributed by atoms with van der Waals surface area (Å²) >= 11 is 1.05. The summed E-state index contributed by atoms with van der Waals surface area (Å²) in [5, 5.41) is 4.17. The maximum Gasteiger partial charge on any atom is 0.339 e. The predicted molar refractivity (Wildman–Crippen MR) is 107 cm³/mol. The minimum absolute atomic E-state index is 0.00139. The number of carbonyl (C=O) groups excluding carboxylic acids is 2. The Bertz CT molecular complexity index is 1070. The molecule has 2 aromatic carbocycles. The maximum absolute atomic E-state index is 13.8. The van der Waals surface area contributed by atoms with Crippen LogP contribution in [0.25, 0.3) is 11.3 Å². The van der Waals surface area contributed by atoms with Crippen LogP contribution in [-0.4, -0.2) is 23.5 Å². The molecule has 0 saturated heterocycles. The normalized spacial score (nSPS) is 10.7. The quantitative estimate of drug-likeness (QED) is 0.606. The smallest absolute Gasteiger partial charge is 0.339 e. The second kappa shape index (κ2) is 8.48. The van der Waals surface area contributed by atoms with Crippen LogP contribution < -0.4 is 5.32 Å². The predicted octanol–water partition coefficient (Wildman–Crippen LogP) is 4.81. The average Bonchev–Trinajstić information content (AvgIpc) is 3.09. The number of anilines is 1. The standard InChI is InChI=1S/C21H18F2N2O3S/c1-11-6-12(2)19(13(3)7-11)20(27)28-9-18(26)25-21-24-17(10-29-21)15-8-14(22)4-5-16(15)23/h4-8,10H,9H2,1-3H3,(H,24,25,26). The molecule has 29 heavy (non-hydrogen) atoms. The van der Waals surface area contributed by atoms with Crippen LogP contribution >= 0.6 is 11.3 Å². The molecule has 0 unspecified atom stereocenters. The number of benzene rings is 2. The minimum atomic E-state index is -0.618. The summed E-state index contributed by atoms with van der Waals surface area (Å²) in [6, 6.07) is 6.79. The third kappa shape index (κ3) is 4.83. The van der Waals surface area contributed by atoms with E-state index in [2.05, 4.69) is 10.3 Å². The molecule has 3 rings (SSSR count). The molecule has 0 aliphatic heterocycles. The van der Waals surface area contributed by atoms with Gasteiger partial charge in [-0.2, -0.15) is 0 Å². The molecule has 5 nitrogen and oxygen atoms in total. The van der Waals surface area contributed by atoms with Crippen molar-refractivity contribution < 1.29 is 23.1 Å². The zero-order valence-corrected chi connectivity index (χ0v) is 16.8. The van der Waals surface area contributed by atoms with Crippen molar-refractivity contribution in [1.29, 1.82) is 0 Å². The van der Waals surface area contributed by atoms with Crippen molar-refractivity contribution >= 4 is 28.3 Å². The van der Waals surface area contributed by atoms with Gasteiger partial charge in [-0.3, -0.25) is 10.1 Å². The average molecular weight is 416 g/mol. The highest BCUT2D eigenvalue weighted by Crippen LogP contribution is 2.27. The van der Waals surface area contributed by atoms with Crippen LogP contribution in [0.3, 0.4) is 0 Å². The summed E-state index contributed by atoms with van der Waals surface area (Å²) < 4.78 is 32.3. The zero-order chi connectivity index (χ0) is 21.1. The highest BCUT2D eigenvalue weighted by atomic mass is 32.1. The summed E-state index contributed by atoms with van der Waals surface area (Å²) in [5.41, 5.74) is 3.21. The third-order valence-corrected chi connectivity index (χ3v) is 4.93. The van der Waals surface area contributed by atoms with Crippen molar-refractivity contribution in [3.8, 4) is 11.3 Å². The summed E-state index contributed by atoms with van der Waals surface area (Å²) in [4.78, 5) is 28.5. The molecule has 0 fully saturated rings. The molecule has 0 spiro atoms. The second-order valence-electron chi connectivity index (χ2n) is 6.56. The number of rotatable bonds is 5. The zero-order valence-electron chi connectivity index (χ0n) is 16.0. The Morgan fingerprint density at radius 3 is 2.48 bits per heavy atom. The lowest BCUT2D eigenvalue weighted by Gasteiger charge is -2.10. The Labute approximate surface area is 170 Å². The number of amides is 1. The second-order valence-corrected chi connectivity index (χ2v) is 7.42. The Morgan fingerprint density at radius 2 is 1.79 bits per heavy atom. The van der Waals surface area contributed by atoms with Crippen LogP contribution in [0.4, 0.5) is 13.9 Å². The molecule has 150 valence electrons. The molecule has 0 bridgehead atoms. The number of esters is 1. The van der Waals surface area contributed by atoms with Crippen molar-refractivity contribution in [3.63, 3.8) is 0 Å². The first-order valence-electron chi connectivity index (χ1n) is 8.70. The van der Waals surface area contributed by atoms with E-state index in [0.29, 0.717) is 5.56 Å². The van der Waals surface area contributed by atoms with Gasteiger partial charge in [0.1, 0.15) is 11.6 Å². The fourth-order valence-corrected chi connectivity index (χ4v) is 3.74. The summed E-state index contributed by atoms with van der Waals surface area (Å²) in [5.74, 6) is -2.38. The first-order chi connectivity index (χ1) is 13.7. The molecule has 1 heterocycles. The van der Waals surface area contributed by atoms with Crippen LogP contribution in [0, 0.1) is 32.4 Å². The van der Waals surface area contributed by atoms with Gasteiger partial charge in [0.05, 0.1) is 11.3 Å². The van der Waals surface area contributed by atoms with E-state index in [1.54, 1.807) is 13.8 Å². The number of aromatic nitrogens is 1. The van der Waals surface area contributed by atoms with Crippen molar-refractivity contribution in [2.24, 2.45) is 0 Å². The SMILES string of the molecule is Cc1cc(C)c(C(=O)OCC(=O)Nc2nc(-c3cc(F)ccc3F)cs2)c(C)c1. The number of nitrogens with zero attached hydrogens (tertiary/aromatic N) is 1. The van der Waals surface area contributed by atoms with Gasteiger partial charge in [-0.1, -0.05) is 17.7 Å². The fourth-order valence-electron chi connectivity index (χ4n) is 3.01. The lowest BCUT2D eigenvalue weighted by molar-refractivity contribution is -0.119. The third-order valence-electron chi connectivity index (χ3n) is 4.17. The number of nitrogens with one attached hydrogen (secondary N) is 1. The molecular weight excluding hydrogens is 398 g/mol. The Morgan fingerprint density at radius 1 is 1.10 bits per heavy atom. The molecule has 0 aliphatic carbocycles. The molecule has 1 aromatic heterocycles. The summed E-state index contributed by atoms with van der Waals surface area (Å²) in [6.45, 7) is 5.05. The van der Waals surface area contributed by atoms with E-state index in [4.69, 9.17) is 4.74 Å². The number of thiazole rings is 1. The number of halogens is 2. The molecular formula is C21H18F2N2O3S. The number of hydrogen-bond donors (Lipinski definition) is 1. The van der Waals surface area contributed by atoms with Gasteiger partial charge in [0.15, 0.2) is 11.7 Å². The van der Waals surface area contributed by atoms with Crippen LogP contribution in [0.1, 0.15) is 27.0 Å². The molecule has 0 radical (unpaired) electrons. The Hall–Kier alpha value is -3.13. The van der Waals surface area contributed by atoms with E-state index >= 15 is 0 Å². The highest BCUT2D eigenvalue weighted by molar-refractivity contribution is 7.14. The molecule has 0 saturated carbocycles. The van der Waals surface area contributed by atoms with E-state index in [-0.39, 0.29) is 16.4 Å². The van der Waals surface area contributed by atoms with Crippen molar-refractivity contribution in [1.82, 2.24) is 4.98 Å². The monoisotopic (exact) mass is 416 g/mol. The van der Waals surface area contributed by atoms with Gasteiger partial charge in [0, 0.05) is 10.9 Å². The van der Waals surface area contributed by atoms with E-state index < -0.39 is 30.1 Å². The largest absolute Gasteiger partial charge is 0.452 e. The molecule has 0 aliphatic rings. The van der Waals surface area contributed by atoms with E-state index in [1.165, 1.54) is 5.38 Å². The van der Waals surface area contributed by atoms with Gasteiger partial charge in [0.2, 0.25) is 0 Å². The lowest BCUT2D eigenvalue weighted by Crippen LogP contribution is -2.21. The van der Waals surface area contributed by atoms with E-state index in [0.717, 1.165) is 46.2 Å². The minimum Gasteiger partial charge on any atom is -0.452 e. The molecule has 1 N–H and O–H groups in total. The van der Waals surface area contributed by atoms with Crippen LogP contribution in [0.5, 0.6) is 0 Å². The fraction of sp³-hybridized carbons (Fsp3) is 0.190. The Balaban J connectivity index is 1.63. The van der Waals surface area contributed by atoms with Crippen molar-refractivity contribution in [2.45, 2.75) is 20.8 Å². The maximum atomic E-state index is 13.8. The van der Waals surface area contributed by atoms with Gasteiger partial charge in [-0.15, -0.1) is 11.3 Å². The van der Waals surface area contributed by atoms with E-state index in [1.807, 2.05) is 19.1 Å². The lowest BCUT2D eigenvalue weighted by atomic mass is 10.00. The van der Waals surface area contributed by atoms with E-state index in [9.17, 15) is 18.4 Å². The first kappa shape index (κ1) is 20.6. The first-order valence-corrected chi connectivity index (χ1v) is 9.58. The number of ether oxygens (including phenoxy) is 1. The molecule has 0 atom stereocenters. The van der Waals surface area contributed by atoms with Gasteiger partial charge in [-0.25, -0.2) is 18.6 Å². The van der Waals surface area contributed by atoms with Crippen LogP contribution in [0.2, 0.25) is 0 Å². The summed E-state index contributed by atoms with van der Waals surface area (Å²) in [6.07, 6.45) is 0. The number of carbonyl (C=O) groups is 2. The summed E-state index contributed by atoms with van der Waals surface area (Å²) in [7, 11) is 0. The van der Waals surface area contributed by atoms with Gasteiger partial charge in [0.25, 0.3) is 5.91 Å². The Kier molecular flexibility index (Phi) is 6.03. The van der Waals surface area contributed by atoms with Crippen molar-refractivity contribution in [3.05, 3.63) is 69.6 Å². The molecule has 8 heteroatoms. The number of aryl methyl sites for hydroxylation is 3.